The second kappa shape index (κ2) is 4.74. The number of nitrogens with two attached hydrogens (primary N) is 2. The van der Waals surface area contributed by atoms with E-state index in [1.165, 1.54) is 17.1 Å². The molecule has 4 N–H and O–H groups in total. The molecule has 0 saturated heterocycles. The molecule has 0 spiro atoms. The second-order valence-corrected chi connectivity index (χ2v) is 3.53. The van der Waals surface area contributed by atoms with E-state index in [2.05, 4.69) is 10.1 Å². The Morgan fingerprint density at radius 3 is 2.89 bits per heavy atom. The van der Waals surface area contributed by atoms with Gasteiger partial charge in [-0.05, 0) is 19.1 Å². The third-order valence-corrected chi connectivity index (χ3v) is 2.26. The average molecular weight is 247 g/mol. The minimum Gasteiger partial charge on any atom is -0.476 e. The van der Waals surface area contributed by atoms with Crippen LogP contribution in [0.1, 0.15) is 17.3 Å². The monoisotopic (exact) mass is 247 g/mol. The molecule has 0 unspecified atom stereocenters. The first-order valence-electron chi connectivity index (χ1n) is 5.36. The molecular formula is C11H13N5O2. The van der Waals surface area contributed by atoms with Crippen molar-refractivity contribution in [2.75, 3.05) is 12.3 Å². The predicted molar refractivity (Wildman–Crippen MR) is 65.5 cm³/mol. The molecule has 7 nitrogen and oxygen atoms in total. The number of hydrogen-bond donors (Lipinski definition) is 2. The van der Waals surface area contributed by atoms with Gasteiger partial charge in [-0.2, -0.15) is 10.1 Å². The largest absolute Gasteiger partial charge is 0.476 e. The zero-order valence-electron chi connectivity index (χ0n) is 9.83. The van der Waals surface area contributed by atoms with E-state index in [0.717, 1.165) is 0 Å². The van der Waals surface area contributed by atoms with Crippen molar-refractivity contribution in [1.82, 2.24) is 14.8 Å². The molecule has 2 heterocycles. The van der Waals surface area contributed by atoms with Gasteiger partial charge in [-0.1, -0.05) is 0 Å². The van der Waals surface area contributed by atoms with Gasteiger partial charge in [0.15, 0.2) is 5.82 Å². The second-order valence-electron chi connectivity index (χ2n) is 3.53. The standard InChI is InChI=1S/C11H13N5O2/c1-2-18-11-8(12)3-4-9(15-11)16-6-7(5-14-16)10(13)17/h3-6H,2,12H2,1H3,(H2,13,17). The first-order valence-corrected chi connectivity index (χ1v) is 5.36. The molecule has 0 atom stereocenters. The molecule has 0 aliphatic rings. The minimum absolute atomic E-state index is 0.312. The molecule has 0 aliphatic heterocycles. The zero-order valence-corrected chi connectivity index (χ0v) is 9.83. The Kier molecular flexibility index (Phi) is 3.13. The van der Waals surface area contributed by atoms with Crippen molar-refractivity contribution >= 4 is 11.6 Å². The summed E-state index contributed by atoms with van der Waals surface area (Å²) in [6.45, 7) is 2.30. The lowest BCUT2D eigenvalue weighted by Gasteiger charge is -2.07. The number of aromatic nitrogens is 3. The highest BCUT2D eigenvalue weighted by molar-refractivity contribution is 5.92. The van der Waals surface area contributed by atoms with Crippen LogP contribution in [-0.4, -0.2) is 27.3 Å². The highest BCUT2D eigenvalue weighted by Crippen LogP contribution is 2.20. The maximum atomic E-state index is 11.0. The fraction of sp³-hybridized carbons (Fsp3) is 0.182. The topological polar surface area (TPSA) is 109 Å². The van der Waals surface area contributed by atoms with E-state index in [0.29, 0.717) is 29.6 Å². The van der Waals surface area contributed by atoms with Crippen LogP contribution in [0.25, 0.3) is 5.82 Å². The Hall–Kier alpha value is -2.57. The number of amides is 1. The average Bonchev–Trinajstić information content (AvgIpc) is 2.82. The van der Waals surface area contributed by atoms with E-state index in [-0.39, 0.29) is 0 Å². The molecular weight excluding hydrogens is 234 g/mol. The molecule has 0 aromatic carbocycles. The SMILES string of the molecule is CCOc1nc(-n2cc(C(N)=O)cn2)ccc1N. The highest BCUT2D eigenvalue weighted by Gasteiger charge is 2.09. The van der Waals surface area contributed by atoms with Crippen molar-refractivity contribution in [1.29, 1.82) is 0 Å². The Morgan fingerprint density at radius 2 is 2.28 bits per heavy atom. The molecule has 0 saturated carbocycles. The maximum absolute atomic E-state index is 11.0. The third kappa shape index (κ3) is 2.24. The Morgan fingerprint density at radius 1 is 1.50 bits per heavy atom. The molecule has 0 bridgehead atoms. The van der Waals surface area contributed by atoms with Gasteiger partial charge in [0.2, 0.25) is 5.88 Å². The summed E-state index contributed by atoms with van der Waals surface area (Å²) in [5.41, 5.74) is 11.6. The number of nitrogens with zero attached hydrogens (tertiary/aromatic N) is 3. The number of carbonyl (C=O) groups is 1. The van der Waals surface area contributed by atoms with Crippen molar-refractivity contribution in [3.05, 3.63) is 30.1 Å². The van der Waals surface area contributed by atoms with Crippen LogP contribution < -0.4 is 16.2 Å². The maximum Gasteiger partial charge on any atom is 0.251 e. The van der Waals surface area contributed by atoms with Crippen molar-refractivity contribution in [3.8, 4) is 11.7 Å². The van der Waals surface area contributed by atoms with Crippen LogP contribution in [0.3, 0.4) is 0 Å². The molecule has 94 valence electrons. The van der Waals surface area contributed by atoms with Gasteiger partial charge in [-0.3, -0.25) is 4.79 Å². The van der Waals surface area contributed by atoms with Gasteiger partial charge >= 0.3 is 0 Å². The number of rotatable bonds is 4. The van der Waals surface area contributed by atoms with Gasteiger partial charge in [0.1, 0.15) is 0 Å². The predicted octanol–water partition coefficient (Wildman–Crippen LogP) is 0.347. The smallest absolute Gasteiger partial charge is 0.251 e. The number of nitrogen functional groups attached to an aromatic ring is 1. The normalized spacial score (nSPS) is 10.3. The molecule has 1 amide bonds. The van der Waals surface area contributed by atoms with Gasteiger partial charge in [-0.25, -0.2) is 4.68 Å². The van der Waals surface area contributed by atoms with Crippen LogP contribution >= 0.6 is 0 Å². The minimum atomic E-state index is -0.540. The molecule has 7 heteroatoms. The van der Waals surface area contributed by atoms with E-state index >= 15 is 0 Å². The van der Waals surface area contributed by atoms with E-state index in [4.69, 9.17) is 16.2 Å². The van der Waals surface area contributed by atoms with Gasteiger partial charge in [0.05, 0.1) is 24.1 Å². The number of ether oxygens (including phenoxy) is 1. The summed E-state index contributed by atoms with van der Waals surface area (Å²) >= 11 is 0. The molecule has 0 radical (unpaired) electrons. The summed E-state index contributed by atoms with van der Waals surface area (Å²) < 4.78 is 6.72. The first-order chi connectivity index (χ1) is 8.61. The van der Waals surface area contributed by atoms with Crippen molar-refractivity contribution < 1.29 is 9.53 Å². The van der Waals surface area contributed by atoms with Crippen molar-refractivity contribution in [3.63, 3.8) is 0 Å². The molecule has 18 heavy (non-hydrogen) atoms. The quantitative estimate of drug-likeness (QED) is 0.810. The van der Waals surface area contributed by atoms with Crippen molar-refractivity contribution in [2.45, 2.75) is 6.92 Å². The number of primary amides is 1. The highest BCUT2D eigenvalue weighted by atomic mass is 16.5. The number of hydrogen-bond acceptors (Lipinski definition) is 5. The van der Waals surface area contributed by atoms with Gasteiger partial charge in [0.25, 0.3) is 5.91 Å². The Bertz CT molecular complexity index is 579. The molecule has 0 aliphatic carbocycles. The van der Waals surface area contributed by atoms with Crippen LogP contribution in [0.4, 0.5) is 5.69 Å². The van der Waals surface area contributed by atoms with Crippen LogP contribution in [0, 0.1) is 0 Å². The van der Waals surface area contributed by atoms with Crippen LogP contribution in [0.15, 0.2) is 24.5 Å². The fourth-order valence-electron chi connectivity index (χ4n) is 1.40. The molecule has 0 fully saturated rings. The lowest BCUT2D eigenvalue weighted by Crippen LogP contribution is -2.09. The first kappa shape index (κ1) is 11.9. The van der Waals surface area contributed by atoms with Crippen LogP contribution in [0.5, 0.6) is 5.88 Å². The summed E-state index contributed by atoms with van der Waals surface area (Å²) in [6, 6.07) is 3.34. The van der Waals surface area contributed by atoms with Crippen LogP contribution in [-0.2, 0) is 0 Å². The van der Waals surface area contributed by atoms with Gasteiger partial charge in [0, 0.05) is 6.20 Å². The zero-order chi connectivity index (χ0) is 13.1. The van der Waals surface area contributed by atoms with Crippen molar-refractivity contribution in [2.24, 2.45) is 5.73 Å². The van der Waals surface area contributed by atoms with E-state index < -0.39 is 5.91 Å². The number of pyridine rings is 1. The Labute approximate surface area is 103 Å². The number of carbonyl (C=O) groups excluding carboxylic acids is 1. The molecule has 2 aromatic rings. The third-order valence-electron chi connectivity index (χ3n) is 2.26. The lowest BCUT2D eigenvalue weighted by atomic mass is 10.3. The van der Waals surface area contributed by atoms with E-state index in [9.17, 15) is 4.79 Å². The lowest BCUT2D eigenvalue weighted by molar-refractivity contribution is 0.100. The van der Waals surface area contributed by atoms with Gasteiger partial charge in [-0.15, -0.1) is 0 Å². The summed E-state index contributed by atoms with van der Waals surface area (Å²) in [6.07, 6.45) is 2.87. The van der Waals surface area contributed by atoms with E-state index in [1.807, 2.05) is 6.92 Å². The summed E-state index contributed by atoms with van der Waals surface area (Å²) in [5.74, 6) is 0.299. The summed E-state index contributed by atoms with van der Waals surface area (Å²) in [7, 11) is 0. The molecule has 2 aromatic heterocycles. The van der Waals surface area contributed by atoms with Gasteiger partial charge < -0.3 is 16.2 Å². The fourth-order valence-corrected chi connectivity index (χ4v) is 1.40. The Balaban J connectivity index is 2.37. The summed E-state index contributed by atoms with van der Waals surface area (Å²) in [5, 5.41) is 4.00. The molecule has 2 rings (SSSR count). The summed E-state index contributed by atoms with van der Waals surface area (Å²) in [4.78, 5) is 15.2. The van der Waals surface area contributed by atoms with Crippen LogP contribution in [0.2, 0.25) is 0 Å². The number of anilines is 1. The van der Waals surface area contributed by atoms with E-state index in [1.54, 1.807) is 12.1 Å².